The van der Waals surface area contributed by atoms with Crippen molar-refractivity contribution in [3.8, 4) is 5.69 Å². The predicted molar refractivity (Wildman–Crippen MR) is 110 cm³/mol. The molecule has 0 amide bonds. The zero-order valence-electron chi connectivity index (χ0n) is 15.2. The minimum atomic E-state index is 0.0887. The third-order valence-corrected chi connectivity index (χ3v) is 6.61. The number of rotatable bonds is 1. The fourth-order valence-corrected chi connectivity index (χ4v) is 5.20. The summed E-state index contributed by atoms with van der Waals surface area (Å²) in [7, 11) is 0. The van der Waals surface area contributed by atoms with Gasteiger partial charge in [0.05, 0.1) is 11.1 Å². The van der Waals surface area contributed by atoms with E-state index in [0.29, 0.717) is 0 Å². The van der Waals surface area contributed by atoms with Crippen LogP contribution < -0.4 is 5.56 Å². The Labute approximate surface area is 158 Å². The van der Waals surface area contributed by atoms with Gasteiger partial charge in [-0.2, -0.15) is 0 Å². The number of para-hydroxylation sites is 1. The van der Waals surface area contributed by atoms with Gasteiger partial charge in [0.1, 0.15) is 11.2 Å². The molecule has 26 heavy (non-hydrogen) atoms. The quantitative estimate of drug-likeness (QED) is 0.556. The fraction of sp³-hybridized carbons (Fsp3) is 0.455. The van der Waals surface area contributed by atoms with Crippen LogP contribution in [0.4, 0.5) is 0 Å². The Kier molecular flexibility index (Phi) is 5.49. The molecule has 3 aromatic rings. The van der Waals surface area contributed by atoms with Gasteiger partial charge >= 0.3 is 0 Å². The molecular formula is C22H26N2OS. The second-order valence-electron chi connectivity index (χ2n) is 7.27. The molecule has 0 atom stereocenters. The van der Waals surface area contributed by atoms with E-state index in [0.717, 1.165) is 28.7 Å². The molecule has 0 spiro atoms. The molecule has 0 saturated heterocycles. The van der Waals surface area contributed by atoms with Crippen LogP contribution in [0.15, 0.2) is 41.5 Å². The molecule has 2 heterocycles. The zero-order valence-corrected chi connectivity index (χ0v) is 16.1. The molecule has 0 N–H and O–H groups in total. The maximum absolute atomic E-state index is 13.3. The first-order chi connectivity index (χ1) is 12.8. The molecular weight excluding hydrogens is 340 g/mol. The van der Waals surface area contributed by atoms with Crippen LogP contribution in [0.25, 0.3) is 15.9 Å². The van der Waals surface area contributed by atoms with Crippen molar-refractivity contribution in [1.29, 1.82) is 0 Å². The number of benzene rings is 1. The van der Waals surface area contributed by atoms with Crippen LogP contribution in [0.3, 0.4) is 0 Å². The zero-order chi connectivity index (χ0) is 17.8. The Hall–Kier alpha value is -1.94. The molecule has 1 aliphatic carbocycles. The van der Waals surface area contributed by atoms with Crippen LogP contribution in [0, 0.1) is 0 Å². The first-order valence-electron chi connectivity index (χ1n) is 9.92. The van der Waals surface area contributed by atoms with Crippen molar-refractivity contribution in [2.24, 2.45) is 0 Å². The summed E-state index contributed by atoms with van der Waals surface area (Å²) in [6, 6.07) is 9.83. The Morgan fingerprint density at radius 1 is 0.846 bits per heavy atom. The molecule has 0 saturated carbocycles. The van der Waals surface area contributed by atoms with Gasteiger partial charge in [-0.3, -0.25) is 9.36 Å². The van der Waals surface area contributed by atoms with Gasteiger partial charge in [-0.05, 0) is 43.4 Å². The smallest absolute Gasteiger partial charge is 0.266 e. The summed E-state index contributed by atoms with van der Waals surface area (Å²) in [4.78, 5) is 20.2. The highest BCUT2D eigenvalue weighted by atomic mass is 32.1. The lowest BCUT2D eigenvalue weighted by Crippen LogP contribution is -2.19. The van der Waals surface area contributed by atoms with Gasteiger partial charge in [0.2, 0.25) is 0 Å². The van der Waals surface area contributed by atoms with E-state index in [1.807, 2.05) is 30.3 Å². The maximum atomic E-state index is 13.3. The SMILES string of the molecule is O=c1c2c3c(sc2ncn1-c1ccccc1)CCCCCCCCCC3. The fourth-order valence-electron chi connectivity index (χ4n) is 3.98. The average Bonchev–Trinajstić information content (AvgIpc) is 3.01. The monoisotopic (exact) mass is 366 g/mol. The largest absolute Gasteiger partial charge is 0.268 e. The van der Waals surface area contributed by atoms with Gasteiger partial charge in [-0.15, -0.1) is 11.3 Å². The van der Waals surface area contributed by atoms with E-state index in [9.17, 15) is 4.79 Å². The Morgan fingerprint density at radius 3 is 2.23 bits per heavy atom. The number of hydrogen-bond donors (Lipinski definition) is 0. The van der Waals surface area contributed by atoms with E-state index < -0.39 is 0 Å². The summed E-state index contributed by atoms with van der Waals surface area (Å²) in [5.74, 6) is 0. The number of aromatic nitrogens is 2. The van der Waals surface area contributed by atoms with Crippen molar-refractivity contribution in [3.05, 3.63) is 57.5 Å². The number of aryl methyl sites for hydroxylation is 2. The lowest BCUT2D eigenvalue weighted by atomic mass is 9.99. The molecule has 0 radical (unpaired) electrons. The second-order valence-corrected chi connectivity index (χ2v) is 8.35. The van der Waals surface area contributed by atoms with Gasteiger partial charge in [-0.25, -0.2) is 4.98 Å². The first kappa shape index (κ1) is 17.5. The van der Waals surface area contributed by atoms with Gasteiger partial charge in [-0.1, -0.05) is 56.7 Å². The molecule has 0 aliphatic heterocycles. The normalized spacial score (nSPS) is 16.6. The summed E-state index contributed by atoms with van der Waals surface area (Å²) in [6.45, 7) is 0. The average molecular weight is 367 g/mol. The van der Waals surface area contributed by atoms with E-state index in [4.69, 9.17) is 0 Å². The van der Waals surface area contributed by atoms with Crippen molar-refractivity contribution in [3.63, 3.8) is 0 Å². The second kappa shape index (κ2) is 8.17. The summed E-state index contributed by atoms with van der Waals surface area (Å²) >= 11 is 1.74. The summed E-state index contributed by atoms with van der Waals surface area (Å²) < 4.78 is 1.70. The topological polar surface area (TPSA) is 34.9 Å². The Morgan fingerprint density at radius 2 is 1.50 bits per heavy atom. The van der Waals surface area contributed by atoms with Gasteiger partial charge in [0, 0.05) is 4.88 Å². The highest BCUT2D eigenvalue weighted by Gasteiger charge is 2.18. The predicted octanol–water partition coefficient (Wildman–Crippen LogP) is 5.67. The minimum absolute atomic E-state index is 0.0887. The standard InChI is InChI=1S/C22H26N2OS/c25-22-20-18-14-10-5-3-1-2-4-6-11-15-19(18)26-21(20)23-16-24(22)17-12-8-7-9-13-17/h7-9,12-13,16H,1-6,10-11,14-15H2. The van der Waals surface area contributed by atoms with Gasteiger partial charge in [0.15, 0.2) is 0 Å². The highest BCUT2D eigenvalue weighted by Crippen LogP contribution is 2.31. The van der Waals surface area contributed by atoms with E-state index in [-0.39, 0.29) is 5.56 Å². The van der Waals surface area contributed by atoms with E-state index >= 15 is 0 Å². The lowest BCUT2D eigenvalue weighted by molar-refractivity contribution is 0.562. The molecule has 4 rings (SSSR count). The molecule has 1 aliphatic rings. The van der Waals surface area contributed by atoms with Crippen molar-refractivity contribution < 1.29 is 0 Å². The van der Waals surface area contributed by atoms with Gasteiger partial charge in [0.25, 0.3) is 5.56 Å². The summed E-state index contributed by atoms with van der Waals surface area (Å²) in [5.41, 5.74) is 2.26. The summed E-state index contributed by atoms with van der Waals surface area (Å²) in [6.07, 6.45) is 14.2. The van der Waals surface area contributed by atoms with Crippen molar-refractivity contribution >= 4 is 21.6 Å². The molecule has 0 unspecified atom stereocenters. The van der Waals surface area contributed by atoms with E-state index in [1.165, 1.54) is 61.8 Å². The third kappa shape index (κ3) is 3.61. The highest BCUT2D eigenvalue weighted by molar-refractivity contribution is 7.18. The molecule has 136 valence electrons. The third-order valence-electron chi connectivity index (χ3n) is 5.41. The summed E-state index contributed by atoms with van der Waals surface area (Å²) in [5, 5.41) is 0.869. The number of fused-ring (bicyclic) bond motifs is 3. The number of hydrogen-bond acceptors (Lipinski definition) is 3. The van der Waals surface area contributed by atoms with E-state index in [2.05, 4.69) is 4.98 Å². The Bertz CT molecular complexity index is 926. The van der Waals surface area contributed by atoms with Crippen molar-refractivity contribution in [2.45, 2.75) is 64.2 Å². The maximum Gasteiger partial charge on any atom is 0.266 e. The molecule has 3 nitrogen and oxygen atoms in total. The van der Waals surface area contributed by atoms with Crippen LogP contribution in [0.5, 0.6) is 0 Å². The van der Waals surface area contributed by atoms with E-state index in [1.54, 1.807) is 22.2 Å². The van der Waals surface area contributed by atoms with Crippen LogP contribution in [-0.4, -0.2) is 9.55 Å². The molecule has 0 fully saturated rings. The van der Waals surface area contributed by atoms with Crippen LogP contribution >= 0.6 is 11.3 Å². The lowest BCUT2D eigenvalue weighted by Gasteiger charge is -2.09. The van der Waals surface area contributed by atoms with Crippen LogP contribution in [-0.2, 0) is 12.8 Å². The first-order valence-corrected chi connectivity index (χ1v) is 10.7. The molecule has 4 heteroatoms. The van der Waals surface area contributed by atoms with Gasteiger partial charge < -0.3 is 0 Å². The number of nitrogens with zero attached hydrogens (tertiary/aromatic N) is 2. The van der Waals surface area contributed by atoms with Crippen LogP contribution in [0.2, 0.25) is 0 Å². The van der Waals surface area contributed by atoms with Crippen molar-refractivity contribution in [1.82, 2.24) is 9.55 Å². The Balaban J connectivity index is 1.78. The minimum Gasteiger partial charge on any atom is -0.268 e. The molecule has 2 aromatic heterocycles. The molecule has 1 aromatic carbocycles. The van der Waals surface area contributed by atoms with Crippen molar-refractivity contribution in [2.75, 3.05) is 0 Å². The molecule has 0 bridgehead atoms. The van der Waals surface area contributed by atoms with Crippen LogP contribution in [0.1, 0.15) is 61.8 Å². The number of thiophene rings is 1.